The summed E-state index contributed by atoms with van der Waals surface area (Å²) in [5.74, 6) is 1.20. The smallest absolute Gasteiger partial charge is 0.227 e. The zero-order valence-corrected chi connectivity index (χ0v) is 8.65. The molecule has 1 aromatic rings. The van der Waals surface area contributed by atoms with Gasteiger partial charge in [-0.25, -0.2) is 4.98 Å². The molecule has 0 bridgehead atoms. The molecule has 75 valence electrons. The Kier molecular flexibility index (Phi) is 2.82. The van der Waals surface area contributed by atoms with Crippen molar-refractivity contribution in [2.24, 2.45) is 0 Å². The quantitative estimate of drug-likeness (QED) is 0.653. The summed E-state index contributed by atoms with van der Waals surface area (Å²) in [6.45, 7) is 7.44. The van der Waals surface area contributed by atoms with Gasteiger partial charge in [0.25, 0.3) is 0 Å². The van der Waals surface area contributed by atoms with E-state index in [1.807, 2.05) is 12.3 Å². The summed E-state index contributed by atoms with van der Waals surface area (Å²) < 4.78 is 0.987. The molecule has 0 aliphatic carbocycles. The number of piperidine rings is 1. The van der Waals surface area contributed by atoms with E-state index >= 15 is 0 Å². The van der Waals surface area contributed by atoms with Crippen LogP contribution >= 0.6 is 0 Å². The minimum atomic E-state index is 0.928. The second-order valence-corrected chi connectivity index (χ2v) is 4.06. The van der Waals surface area contributed by atoms with Crippen molar-refractivity contribution in [2.75, 3.05) is 19.6 Å². The largest absolute Gasteiger partial charge is 0.275 e. The lowest BCUT2D eigenvalue weighted by atomic mass is 10.1. The Bertz CT molecular complexity index is 276. The standard InChI is InChI=1S/C12H18N2/c1-2-14(10-6-3-7-11-14)12-8-4-5-9-13-12/h4-5,8-9H,1-3,6-7,10-11H2/q+1. The lowest BCUT2D eigenvalue weighted by Crippen LogP contribution is -2.53. The SMILES string of the molecule is [CH2]C[N+]1(c2ccccn2)CCCCC1. The van der Waals surface area contributed by atoms with Gasteiger partial charge in [0, 0.05) is 19.2 Å². The van der Waals surface area contributed by atoms with Crippen LogP contribution in [0.5, 0.6) is 0 Å². The molecule has 2 heterocycles. The highest BCUT2D eigenvalue weighted by Crippen LogP contribution is 2.25. The van der Waals surface area contributed by atoms with Gasteiger partial charge in [0.2, 0.25) is 5.82 Å². The molecule has 1 radical (unpaired) electrons. The number of pyridine rings is 1. The van der Waals surface area contributed by atoms with Crippen molar-refractivity contribution in [3.8, 4) is 0 Å². The number of hydrogen-bond donors (Lipinski definition) is 0. The van der Waals surface area contributed by atoms with Gasteiger partial charge in [0.05, 0.1) is 19.6 Å². The zero-order chi connectivity index (χ0) is 9.86. The molecule has 1 aliphatic heterocycles. The Balaban J connectivity index is 2.27. The number of likely N-dealkylation sites (tertiary alicyclic amines) is 1. The van der Waals surface area contributed by atoms with Crippen LogP contribution in [-0.4, -0.2) is 24.6 Å². The van der Waals surface area contributed by atoms with Crippen LogP contribution < -0.4 is 4.48 Å². The van der Waals surface area contributed by atoms with Crippen LogP contribution in [0.4, 0.5) is 5.82 Å². The fourth-order valence-electron chi connectivity index (χ4n) is 2.32. The van der Waals surface area contributed by atoms with E-state index in [1.165, 1.54) is 38.2 Å². The molecule has 2 heteroatoms. The first-order valence-electron chi connectivity index (χ1n) is 5.44. The molecule has 0 aromatic carbocycles. The van der Waals surface area contributed by atoms with E-state index in [2.05, 4.69) is 24.0 Å². The molecule has 0 unspecified atom stereocenters. The van der Waals surface area contributed by atoms with Crippen LogP contribution in [0.15, 0.2) is 24.4 Å². The highest BCUT2D eigenvalue weighted by Gasteiger charge is 2.31. The third kappa shape index (κ3) is 1.67. The maximum Gasteiger partial charge on any atom is 0.227 e. The predicted octanol–water partition coefficient (Wildman–Crippen LogP) is 2.41. The molecule has 1 saturated heterocycles. The van der Waals surface area contributed by atoms with E-state index in [-0.39, 0.29) is 0 Å². The molecular weight excluding hydrogens is 172 g/mol. The summed E-state index contributed by atoms with van der Waals surface area (Å²) in [4.78, 5) is 4.48. The fourth-order valence-corrected chi connectivity index (χ4v) is 2.32. The Labute approximate surface area is 86.2 Å². The number of rotatable bonds is 2. The van der Waals surface area contributed by atoms with Gasteiger partial charge >= 0.3 is 0 Å². The van der Waals surface area contributed by atoms with Gasteiger partial charge in [0.15, 0.2) is 0 Å². The van der Waals surface area contributed by atoms with Crippen molar-refractivity contribution in [3.63, 3.8) is 0 Å². The second-order valence-electron chi connectivity index (χ2n) is 4.06. The molecule has 14 heavy (non-hydrogen) atoms. The average molecular weight is 190 g/mol. The highest BCUT2D eigenvalue weighted by atomic mass is 15.4. The van der Waals surface area contributed by atoms with E-state index in [4.69, 9.17) is 0 Å². The molecule has 1 aliphatic rings. The van der Waals surface area contributed by atoms with E-state index in [0.29, 0.717) is 0 Å². The summed E-state index contributed by atoms with van der Waals surface area (Å²) >= 11 is 0. The molecule has 0 atom stereocenters. The molecule has 0 saturated carbocycles. The van der Waals surface area contributed by atoms with Gasteiger partial charge in [-0.1, -0.05) is 6.07 Å². The van der Waals surface area contributed by atoms with Gasteiger partial charge < -0.3 is 0 Å². The van der Waals surface area contributed by atoms with Crippen molar-refractivity contribution in [2.45, 2.75) is 19.3 Å². The second kappa shape index (κ2) is 4.09. The number of quaternary nitrogens is 1. The Morgan fingerprint density at radius 3 is 2.57 bits per heavy atom. The third-order valence-corrected chi connectivity index (χ3v) is 3.24. The minimum Gasteiger partial charge on any atom is -0.275 e. The Morgan fingerprint density at radius 1 is 1.21 bits per heavy atom. The zero-order valence-electron chi connectivity index (χ0n) is 8.65. The van der Waals surface area contributed by atoms with Crippen molar-refractivity contribution in [1.82, 2.24) is 9.47 Å². The molecule has 2 nitrogen and oxygen atoms in total. The van der Waals surface area contributed by atoms with Crippen LogP contribution in [0.25, 0.3) is 0 Å². The lowest BCUT2D eigenvalue weighted by Gasteiger charge is -2.38. The minimum absolute atomic E-state index is 0.928. The Morgan fingerprint density at radius 2 is 2.00 bits per heavy atom. The van der Waals surface area contributed by atoms with E-state index < -0.39 is 0 Å². The molecule has 0 amide bonds. The first-order chi connectivity index (χ1) is 6.87. The van der Waals surface area contributed by atoms with E-state index in [9.17, 15) is 0 Å². The first kappa shape index (κ1) is 9.66. The maximum absolute atomic E-state index is 4.48. The number of hydrogen-bond acceptors (Lipinski definition) is 1. The van der Waals surface area contributed by atoms with Crippen LogP contribution in [0, 0.1) is 6.92 Å². The summed E-state index contributed by atoms with van der Waals surface area (Å²) in [7, 11) is 0. The summed E-state index contributed by atoms with van der Waals surface area (Å²) in [6.07, 6.45) is 5.88. The van der Waals surface area contributed by atoms with Gasteiger partial charge in [-0.2, -0.15) is 0 Å². The normalized spacial score (nSPS) is 20.6. The van der Waals surface area contributed by atoms with Crippen LogP contribution in [0.3, 0.4) is 0 Å². The molecule has 0 N–H and O–H groups in total. The molecule has 1 fully saturated rings. The van der Waals surface area contributed by atoms with Crippen molar-refractivity contribution >= 4 is 5.82 Å². The highest BCUT2D eigenvalue weighted by molar-refractivity contribution is 5.34. The van der Waals surface area contributed by atoms with Crippen molar-refractivity contribution in [1.29, 1.82) is 0 Å². The van der Waals surface area contributed by atoms with Crippen LogP contribution in [0.2, 0.25) is 0 Å². The van der Waals surface area contributed by atoms with Gasteiger partial charge in [-0.3, -0.25) is 4.48 Å². The first-order valence-corrected chi connectivity index (χ1v) is 5.44. The molecule has 2 rings (SSSR count). The van der Waals surface area contributed by atoms with E-state index in [0.717, 1.165) is 11.0 Å². The molecule has 0 spiro atoms. The van der Waals surface area contributed by atoms with Gasteiger partial charge in [0.1, 0.15) is 0 Å². The molecular formula is C12H18N2+. The van der Waals surface area contributed by atoms with Crippen LogP contribution in [-0.2, 0) is 0 Å². The van der Waals surface area contributed by atoms with Crippen LogP contribution in [0.1, 0.15) is 19.3 Å². The van der Waals surface area contributed by atoms with Gasteiger partial charge in [-0.05, 0) is 25.3 Å². The number of nitrogens with zero attached hydrogens (tertiary/aromatic N) is 2. The summed E-state index contributed by atoms with van der Waals surface area (Å²) in [6, 6.07) is 6.19. The molecule has 1 aromatic heterocycles. The Hall–Kier alpha value is -0.890. The third-order valence-electron chi connectivity index (χ3n) is 3.24. The summed E-state index contributed by atoms with van der Waals surface area (Å²) in [5.41, 5.74) is 0. The lowest BCUT2D eigenvalue weighted by molar-refractivity contribution is 0.243. The monoisotopic (exact) mass is 190 g/mol. The average Bonchev–Trinajstić information content (AvgIpc) is 2.31. The topological polar surface area (TPSA) is 12.9 Å². The van der Waals surface area contributed by atoms with E-state index in [1.54, 1.807) is 0 Å². The van der Waals surface area contributed by atoms with Gasteiger partial charge in [-0.15, -0.1) is 0 Å². The van der Waals surface area contributed by atoms with Crippen molar-refractivity contribution in [3.05, 3.63) is 31.3 Å². The van der Waals surface area contributed by atoms with Crippen molar-refractivity contribution < 1.29 is 0 Å². The maximum atomic E-state index is 4.48. The fraction of sp³-hybridized carbons (Fsp3) is 0.500. The predicted molar refractivity (Wildman–Crippen MR) is 59.8 cm³/mol. The summed E-state index contributed by atoms with van der Waals surface area (Å²) in [5, 5.41) is 0. The number of aromatic nitrogens is 1.